The fraction of sp³-hybridized carbons (Fsp3) is 0.367. The quantitative estimate of drug-likeness (QED) is 0.211. The van der Waals surface area contributed by atoms with Gasteiger partial charge in [0.15, 0.2) is 0 Å². The van der Waals surface area contributed by atoms with Crippen LogP contribution in [0.5, 0.6) is 17.2 Å². The Morgan fingerprint density at radius 1 is 0.718 bits per heavy atom. The minimum atomic E-state index is -0.412. The summed E-state index contributed by atoms with van der Waals surface area (Å²) in [6.07, 6.45) is -0.412. The maximum Gasteiger partial charge on any atom is 0.410 e. The van der Waals surface area contributed by atoms with Crippen molar-refractivity contribution in [3.8, 4) is 17.2 Å². The molecule has 0 aliphatic carbocycles. The number of methoxy groups -OCH3 is 2. The number of rotatable bonds is 16. The number of carbonyl (C=O) groups is 1. The number of carbonyl (C=O) groups excluding carboxylic acids is 1. The van der Waals surface area contributed by atoms with E-state index >= 15 is 0 Å². The first-order valence-corrected chi connectivity index (χ1v) is 12.8. The molecule has 0 aliphatic heterocycles. The van der Waals surface area contributed by atoms with Crippen molar-refractivity contribution < 1.29 is 28.5 Å². The van der Waals surface area contributed by atoms with Gasteiger partial charge in [-0.3, -0.25) is 15.3 Å². The Hall–Kier alpha value is -3.79. The van der Waals surface area contributed by atoms with E-state index in [0.717, 1.165) is 40.5 Å². The number of ether oxygens (including phenoxy) is 5. The number of benzene rings is 3. The molecule has 0 aliphatic rings. The largest absolute Gasteiger partial charge is 0.497 e. The lowest BCUT2D eigenvalue weighted by molar-refractivity contribution is 0.0426. The van der Waals surface area contributed by atoms with E-state index < -0.39 is 6.09 Å². The van der Waals surface area contributed by atoms with Gasteiger partial charge in [-0.25, -0.2) is 4.79 Å². The second-order valence-electron chi connectivity index (χ2n) is 9.00. The third kappa shape index (κ3) is 10.8. The van der Waals surface area contributed by atoms with Gasteiger partial charge < -0.3 is 23.7 Å². The minimum absolute atomic E-state index is 0.145. The maximum absolute atomic E-state index is 13.0. The summed E-state index contributed by atoms with van der Waals surface area (Å²) < 4.78 is 27.4. The highest BCUT2D eigenvalue weighted by atomic mass is 16.6. The molecule has 210 valence electrons. The summed E-state index contributed by atoms with van der Waals surface area (Å²) >= 11 is 0. The van der Waals surface area contributed by atoms with E-state index in [-0.39, 0.29) is 13.2 Å². The van der Waals surface area contributed by atoms with Crippen LogP contribution in [0.15, 0.2) is 72.8 Å². The first-order valence-electron chi connectivity index (χ1n) is 12.8. The van der Waals surface area contributed by atoms with Crippen molar-refractivity contribution >= 4 is 6.09 Å². The van der Waals surface area contributed by atoms with Gasteiger partial charge in [0.1, 0.15) is 30.5 Å². The number of hydrazine groups is 1. The smallest absolute Gasteiger partial charge is 0.410 e. The fourth-order valence-corrected chi connectivity index (χ4v) is 3.68. The Morgan fingerprint density at radius 2 is 1.31 bits per heavy atom. The molecule has 0 bridgehead atoms. The van der Waals surface area contributed by atoms with Crippen LogP contribution in [0.4, 0.5) is 4.79 Å². The topological polar surface area (TPSA) is 81.7 Å². The second kappa shape index (κ2) is 16.2. The molecule has 3 aromatic rings. The minimum Gasteiger partial charge on any atom is -0.497 e. The molecule has 0 saturated carbocycles. The number of nitrogens with zero attached hydrogens (tertiary/aromatic N) is 2. The molecule has 0 radical (unpaired) electrons. The zero-order chi connectivity index (χ0) is 27.9. The Kier molecular flexibility index (Phi) is 12.4. The van der Waals surface area contributed by atoms with Gasteiger partial charge in [-0.15, -0.1) is 0 Å². The van der Waals surface area contributed by atoms with Gasteiger partial charge >= 0.3 is 6.09 Å². The summed E-state index contributed by atoms with van der Waals surface area (Å²) in [5.41, 5.74) is 6.30. The van der Waals surface area contributed by atoms with E-state index in [1.807, 2.05) is 91.9 Å². The Labute approximate surface area is 231 Å². The van der Waals surface area contributed by atoms with Crippen LogP contribution in [-0.2, 0) is 29.1 Å². The first kappa shape index (κ1) is 29.8. The lowest BCUT2D eigenvalue weighted by Crippen LogP contribution is -2.31. The predicted octanol–water partition coefficient (Wildman–Crippen LogP) is 4.50. The Morgan fingerprint density at radius 3 is 1.87 bits per heavy atom. The lowest BCUT2D eigenvalue weighted by atomic mass is 10.1. The van der Waals surface area contributed by atoms with Crippen LogP contribution in [0.1, 0.15) is 16.7 Å². The molecule has 0 atom stereocenters. The zero-order valence-corrected chi connectivity index (χ0v) is 23.2. The molecule has 9 nitrogen and oxygen atoms in total. The molecule has 1 N–H and O–H groups in total. The van der Waals surface area contributed by atoms with E-state index in [1.54, 1.807) is 19.1 Å². The second-order valence-corrected chi connectivity index (χ2v) is 9.00. The van der Waals surface area contributed by atoms with Gasteiger partial charge in [0.05, 0.1) is 27.4 Å². The number of amides is 1. The predicted molar refractivity (Wildman–Crippen MR) is 150 cm³/mol. The van der Waals surface area contributed by atoms with E-state index in [4.69, 9.17) is 23.7 Å². The average molecular weight is 538 g/mol. The number of hydrogen-bond donors (Lipinski definition) is 1. The highest BCUT2D eigenvalue weighted by molar-refractivity contribution is 5.67. The molecule has 0 heterocycles. The molecule has 9 heteroatoms. The van der Waals surface area contributed by atoms with Crippen LogP contribution in [-0.4, -0.2) is 70.7 Å². The summed E-state index contributed by atoms with van der Waals surface area (Å²) in [4.78, 5) is 14.6. The molecule has 0 spiro atoms. The third-order valence-electron chi connectivity index (χ3n) is 5.77. The van der Waals surface area contributed by atoms with E-state index in [0.29, 0.717) is 26.3 Å². The summed E-state index contributed by atoms with van der Waals surface area (Å²) in [6, 6.07) is 23.2. The first-order chi connectivity index (χ1) is 19.0. The zero-order valence-electron chi connectivity index (χ0n) is 23.2. The van der Waals surface area contributed by atoms with Crippen molar-refractivity contribution in [3.63, 3.8) is 0 Å². The van der Waals surface area contributed by atoms with Crippen LogP contribution >= 0.6 is 0 Å². The van der Waals surface area contributed by atoms with Crippen LogP contribution < -0.4 is 19.6 Å². The Bertz CT molecular complexity index is 1070. The molecule has 0 unspecified atom stereocenters. The molecular weight excluding hydrogens is 498 g/mol. The van der Waals surface area contributed by atoms with Gasteiger partial charge in [-0.1, -0.05) is 36.4 Å². The van der Waals surface area contributed by atoms with Crippen molar-refractivity contribution in [2.45, 2.75) is 19.6 Å². The van der Waals surface area contributed by atoms with Gasteiger partial charge in [-0.2, -0.15) is 0 Å². The number of hydrogen-bond acceptors (Lipinski definition) is 8. The summed E-state index contributed by atoms with van der Waals surface area (Å²) in [5.74, 6) is 2.31. The van der Waals surface area contributed by atoms with Gasteiger partial charge in [0.2, 0.25) is 0 Å². The van der Waals surface area contributed by atoms with Crippen LogP contribution in [0.25, 0.3) is 0 Å². The molecule has 0 aromatic heterocycles. The normalized spacial score (nSPS) is 10.8. The summed E-state index contributed by atoms with van der Waals surface area (Å²) in [7, 11) is 7.15. The molecule has 0 saturated heterocycles. The van der Waals surface area contributed by atoms with E-state index in [1.165, 1.54) is 0 Å². The highest BCUT2D eigenvalue weighted by Crippen LogP contribution is 2.18. The van der Waals surface area contributed by atoms with Gasteiger partial charge in [-0.05, 0) is 53.1 Å². The number of nitrogens with one attached hydrogen (secondary N) is 1. The maximum atomic E-state index is 13.0. The average Bonchev–Trinajstić information content (AvgIpc) is 2.96. The van der Waals surface area contributed by atoms with Crippen molar-refractivity contribution in [2.75, 3.05) is 54.7 Å². The van der Waals surface area contributed by atoms with Crippen molar-refractivity contribution in [3.05, 3.63) is 89.5 Å². The van der Waals surface area contributed by atoms with Crippen LogP contribution in [0, 0.1) is 0 Å². The monoisotopic (exact) mass is 537 g/mol. The summed E-state index contributed by atoms with van der Waals surface area (Å²) in [6.45, 7) is 2.73. The highest BCUT2D eigenvalue weighted by Gasteiger charge is 2.16. The molecule has 3 rings (SSSR count). The van der Waals surface area contributed by atoms with Crippen LogP contribution in [0.3, 0.4) is 0 Å². The van der Waals surface area contributed by atoms with E-state index in [9.17, 15) is 4.79 Å². The third-order valence-corrected chi connectivity index (χ3v) is 5.77. The lowest BCUT2D eigenvalue weighted by Gasteiger charge is -2.23. The SMILES string of the molecule is COc1ccc(CN(Cc2ccc(OC)cc2)C(=O)OCCOCCOc2cccc(CNN(C)C)c2)cc1. The molecule has 39 heavy (non-hydrogen) atoms. The summed E-state index contributed by atoms with van der Waals surface area (Å²) in [5, 5.41) is 1.91. The Balaban J connectivity index is 1.43. The van der Waals surface area contributed by atoms with Gasteiger partial charge in [0, 0.05) is 33.7 Å². The van der Waals surface area contributed by atoms with Crippen LogP contribution in [0.2, 0.25) is 0 Å². The van der Waals surface area contributed by atoms with E-state index in [2.05, 4.69) is 5.43 Å². The van der Waals surface area contributed by atoms with Crippen molar-refractivity contribution in [2.24, 2.45) is 0 Å². The standard InChI is InChI=1S/C30H39N3O6/c1-32(2)31-21-26-6-5-7-29(20-26)38-18-16-37-17-19-39-30(34)33(22-24-8-12-27(35-3)13-9-24)23-25-10-14-28(36-4)15-11-25/h5-15,20,31H,16-19,21-23H2,1-4H3. The van der Waals surface area contributed by atoms with Crippen molar-refractivity contribution in [1.29, 1.82) is 0 Å². The fourth-order valence-electron chi connectivity index (χ4n) is 3.68. The van der Waals surface area contributed by atoms with Gasteiger partial charge in [0.25, 0.3) is 0 Å². The molecule has 0 fully saturated rings. The molecule has 1 amide bonds. The van der Waals surface area contributed by atoms with Crippen molar-refractivity contribution in [1.82, 2.24) is 15.3 Å². The molecular formula is C30H39N3O6. The molecule has 3 aromatic carbocycles.